The van der Waals surface area contributed by atoms with E-state index in [1.807, 2.05) is 24.3 Å². The fourth-order valence-corrected chi connectivity index (χ4v) is 2.37. The molecule has 3 aromatic rings. The normalized spacial score (nSPS) is 10.5. The molecule has 7 nitrogen and oxygen atoms in total. The fourth-order valence-electron chi connectivity index (χ4n) is 2.00. The summed E-state index contributed by atoms with van der Waals surface area (Å²) in [5.41, 5.74) is 1.94. The first-order valence-corrected chi connectivity index (χ1v) is 7.17. The molecule has 0 saturated heterocycles. The number of nitrogens with zero attached hydrogens (tertiary/aromatic N) is 2. The van der Waals surface area contributed by atoms with Gasteiger partial charge in [0.2, 0.25) is 0 Å². The Labute approximate surface area is 134 Å². The number of halogens is 1. The van der Waals surface area contributed by atoms with Crippen LogP contribution in [0.5, 0.6) is 5.75 Å². The number of nitrogens with one attached hydrogen (secondary N) is 3. The quantitative estimate of drug-likeness (QED) is 0.665. The lowest BCUT2D eigenvalue weighted by molar-refractivity contribution is 0.102. The minimum atomic E-state index is -0.331. The van der Waals surface area contributed by atoms with Crippen LogP contribution >= 0.6 is 15.9 Å². The third-order valence-corrected chi connectivity index (χ3v) is 3.64. The minimum absolute atomic E-state index is 0.331. The van der Waals surface area contributed by atoms with Gasteiger partial charge in [-0.1, -0.05) is 12.1 Å². The van der Waals surface area contributed by atoms with Crippen molar-refractivity contribution >= 4 is 27.7 Å². The highest BCUT2D eigenvalue weighted by atomic mass is 79.9. The Balaban J connectivity index is 1.82. The fraction of sp³-hybridized carbons (Fsp3) is 0.0714. The van der Waals surface area contributed by atoms with Gasteiger partial charge in [-0.2, -0.15) is 10.2 Å². The molecule has 0 spiro atoms. The molecular formula is C14H12BrN5O2. The molecule has 1 aromatic carbocycles. The lowest BCUT2D eigenvalue weighted by Crippen LogP contribution is -2.13. The van der Waals surface area contributed by atoms with Crippen LogP contribution in [0.25, 0.3) is 11.3 Å². The summed E-state index contributed by atoms with van der Waals surface area (Å²) >= 11 is 3.24. The lowest BCUT2D eigenvalue weighted by Gasteiger charge is -2.05. The number of ether oxygens (including phenoxy) is 1. The lowest BCUT2D eigenvalue weighted by atomic mass is 10.1. The van der Waals surface area contributed by atoms with Crippen molar-refractivity contribution in [1.29, 1.82) is 0 Å². The Morgan fingerprint density at radius 2 is 2.14 bits per heavy atom. The number of anilines is 1. The molecule has 3 N–H and O–H groups in total. The molecule has 0 unspecified atom stereocenters. The molecule has 22 heavy (non-hydrogen) atoms. The molecular weight excluding hydrogens is 350 g/mol. The number of aromatic amines is 2. The van der Waals surface area contributed by atoms with E-state index in [1.165, 1.54) is 6.20 Å². The van der Waals surface area contributed by atoms with Gasteiger partial charge in [-0.05, 0) is 28.1 Å². The molecule has 1 amide bonds. The number of carbonyl (C=O) groups is 1. The predicted molar refractivity (Wildman–Crippen MR) is 84.8 cm³/mol. The first kappa shape index (κ1) is 14.3. The zero-order chi connectivity index (χ0) is 15.5. The van der Waals surface area contributed by atoms with E-state index in [0.29, 0.717) is 16.0 Å². The zero-order valence-electron chi connectivity index (χ0n) is 11.6. The molecule has 0 atom stereocenters. The van der Waals surface area contributed by atoms with Crippen LogP contribution in [-0.4, -0.2) is 33.4 Å². The number of rotatable bonds is 4. The van der Waals surface area contributed by atoms with Crippen molar-refractivity contribution in [3.05, 3.63) is 46.7 Å². The van der Waals surface area contributed by atoms with Crippen molar-refractivity contribution in [2.24, 2.45) is 0 Å². The largest absolute Gasteiger partial charge is 0.496 e. The van der Waals surface area contributed by atoms with Crippen LogP contribution in [0.4, 0.5) is 5.82 Å². The number of methoxy groups -OCH3 is 1. The third kappa shape index (κ3) is 2.73. The van der Waals surface area contributed by atoms with Crippen molar-refractivity contribution < 1.29 is 9.53 Å². The maximum Gasteiger partial charge on any atom is 0.276 e. The van der Waals surface area contributed by atoms with Crippen LogP contribution in [-0.2, 0) is 0 Å². The number of H-pyrrole nitrogens is 2. The predicted octanol–water partition coefficient (Wildman–Crippen LogP) is 2.82. The Morgan fingerprint density at radius 3 is 2.86 bits per heavy atom. The number of benzene rings is 1. The monoisotopic (exact) mass is 361 g/mol. The SMILES string of the molecule is COc1ccccc1-c1cc(NC(=O)c2[nH]ncc2Br)n[nH]1. The van der Waals surface area contributed by atoms with Gasteiger partial charge in [0, 0.05) is 11.6 Å². The van der Waals surface area contributed by atoms with E-state index in [0.717, 1.165) is 17.0 Å². The number of amides is 1. The molecule has 2 aromatic heterocycles. The second-order valence-corrected chi connectivity index (χ2v) is 5.27. The van der Waals surface area contributed by atoms with Crippen LogP contribution in [0.3, 0.4) is 0 Å². The molecule has 0 aliphatic carbocycles. The highest BCUT2D eigenvalue weighted by molar-refractivity contribution is 9.10. The summed E-state index contributed by atoms with van der Waals surface area (Å²) in [4.78, 5) is 12.1. The van der Waals surface area contributed by atoms with E-state index in [9.17, 15) is 4.79 Å². The number of para-hydroxylation sites is 1. The summed E-state index contributed by atoms with van der Waals surface area (Å²) in [6.07, 6.45) is 1.51. The van der Waals surface area contributed by atoms with Crippen LogP contribution in [0.1, 0.15) is 10.5 Å². The van der Waals surface area contributed by atoms with Gasteiger partial charge >= 0.3 is 0 Å². The number of hydrogen-bond donors (Lipinski definition) is 3. The summed E-state index contributed by atoms with van der Waals surface area (Å²) in [5.74, 6) is 0.801. The van der Waals surface area contributed by atoms with Crippen molar-refractivity contribution in [2.45, 2.75) is 0 Å². The van der Waals surface area contributed by atoms with E-state index in [4.69, 9.17) is 4.74 Å². The van der Waals surface area contributed by atoms with Crippen molar-refractivity contribution in [3.63, 3.8) is 0 Å². The van der Waals surface area contributed by atoms with E-state index in [1.54, 1.807) is 13.2 Å². The van der Waals surface area contributed by atoms with Crippen LogP contribution in [0.2, 0.25) is 0 Å². The molecule has 112 valence electrons. The molecule has 0 fully saturated rings. The maximum absolute atomic E-state index is 12.1. The summed E-state index contributed by atoms with van der Waals surface area (Å²) in [7, 11) is 1.60. The van der Waals surface area contributed by atoms with Crippen molar-refractivity contribution in [1.82, 2.24) is 20.4 Å². The zero-order valence-corrected chi connectivity index (χ0v) is 13.1. The Morgan fingerprint density at radius 1 is 1.32 bits per heavy atom. The van der Waals surface area contributed by atoms with Crippen LogP contribution < -0.4 is 10.1 Å². The Bertz CT molecular complexity index is 811. The van der Waals surface area contributed by atoms with E-state index < -0.39 is 0 Å². The van der Waals surface area contributed by atoms with E-state index >= 15 is 0 Å². The highest BCUT2D eigenvalue weighted by Crippen LogP contribution is 2.29. The first-order chi connectivity index (χ1) is 10.7. The third-order valence-electron chi connectivity index (χ3n) is 3.04. The molecule has 2 heterocycles. The van der Waals surface area contributed by atoms with Gasteiger partial charge in [0.05, 0.1) is 23.5 Å². The van der Waals surface area contributed by atoms with Gasteiger partial charge in [0.15, 0.2) is 5.82 Å². The van der Waals surface area contributed by atoms with E-state index in [-0.39, 0.29) is 5.91 Å². The smallest absolute Gasteiger partial charge is 0.276 e. The standard InChI is InChI=1S/C14H12BrN5O2/c1-22-11-5-3-2-4-8(11)10-6-12(19-18-10)17-14(21)13-9(15)7-16-20-13/h2-7H,1H3,(H,16,20)(H2,17,18,19,21). The second-order valence-electron chi connectivity index (χ2n) is 4.41. The number of hydrogen-bond acceptors (Lipinski definition) is 4. The second kappa shape index (κ2) is 6.02. The summed E-state index contributed by atoms with van der Waals surface area (Å²) in [5, 5.41) is 16.1. The van der Waals surface area contributed by atoms with Gasteiger partial charge in [-0.3, -0.25) is 15.0 Å². The van der Waals surface area contributed by atoms with Gasteiger partial charge in [-0.25, -0.2) is 0 Å². The van der Waals surface area contributed by atoms with Gasteiger partial charge in [-0.15, -0.1) is 0 Å². The summed E-state index contributed by atoms with van der Waals surface area (Å²) in [6.45, 7) is 0. The minimum Gasteiger partial charge on any atom is -0.496 e. The highest BCUT2D eigenvalue weighted by Gasteiger charge is 2.15. The molecule has 3 rings (SSSR count). The Hall–Kier alpha value is -2.61. The average molecular weight is 362 g/mol. The van der Waals surface area contributed by atoms with Crippen molar-refractivity contribution in [3.8, 4) is 17.0 Å². The first-order valence-electron chi connectivity index (χ1n) is 6.38. The summed E-state index contributed by atoms with van der Waals surface area (Å²) < 4.78 is 5.90. The molecule has 0 aliphatic heterocycles. The van der Waals surface area contributed by atoms with Gasteiger partial charge in [0.25, 0.3) is 5.91 Å². The average Bonchev–Trinajstić information content (AvgIpc) is 3.16. The molecule has 0 bridgehead atoms. The Kier molecular flexibility index (Phi) is 3.92. The van der Waals surface area contributed by atoms with Gasteiger partial charge in [0.1, 0.15) is 11.4 Å². The van der Waals surface area contributed by atoms with Crippen molar-refractivity contribution in [2.75, 3.05) is 12.4 Å². The maximum atomic E-state index is 12.1. The topological polar surface area (TPSA) is 95.7 Å². The van der Waals surface area contributed by atoms with Gasteiger partial charge < -0.3 is 10.1 Å². The van der Waals surface area contributed by atoms with E-state index in [2.05, 4.69) is 41.6 Å². The van der Waals surface area contributed by atoms with Crippen LogP contribution in [0, 0.1) is 0 Å². The number of carbonyl (C=O) groups excluding carboxylic acids is 1. The molecule has 0 radical (unpaired) electrons. The number of aromatic nitrogens is 4. The van der Waals surface area contributed by atoms with Crippen LogP contribution in [0.15, 0.2) is 41.0 Å². The molecule has 0 aliphatic rings. The molecule has 8 heteroatoms. The molecule has 0 saturated carbocycles. The summed E-state index contributed by atoms with van der Waals surface area (Å²) in [6, 6.07) is 9.29.